The first-order valence-electron chi connectivity index (χ1n) is 7.21. The van der Waals surface area contributed by atoms with E-state index in [9.17, 15) is 13.2 Å². The van der Waals surface area contributed by atoms with Crippen LogP contribution in [0, 0.1) is 20.8 Å². The summed E-state index contributed by atoms with van der Waals surface area (Å²) in [7, 11) is -3.70. The molecule has 0 saturated heterocycles. The summed E-state index contributed by atoms with van der Waals surface area (Å²) < 4.78 is 26.7. The lowest BCUT2D eigenvalue weighted by Gasteiger charge is -2.09. The second-order valence-electron chi connectivity index (χ2n) is 5.48. The zero-order chi connectivity index (χ0) is 17.0. The molecule has 2 aromatic carbocycles. The van der Waals surface area contributed by atoms with E-state index in [1.54, 1.807) is 24.3 Å². The zero-order valence-electron chi connectivity index (χ0n) is 13.4. The molecule has 5 nitrogen and oxygen atoms in total. The molecule has 0 bridgehead atoms. The molecule has 2 aromatic rings. The number of nitrogens with one attached hydrogen (secondary N) is 2. The maximum atomic E-state index is 12.2. The van der Waals surface area contributed by atoms with Crippen LogP contribution >= 0.6 is 0 Å². The maximum absolute atomic E-state index is 12.2. The fourth-order valence-corrected chi connectivity index (χ4v) is 3.03. The Labute approximate surface area is 136 Å². The normalized spacial score (nSPS) is 11.3. The number of carbonyl (C=O) groups excluding carboxylic acids is 1. The molecule has 0 aliphatic rings. The Bertz CT molecular complexity index is 812. The Kier molecular flexibility index (Phi) is 5.18. The number of aryl methyl sites for hydroxylation is 3. The van der Waals surface area contributed by atoms with Crippen molar-refractivity contribution in [1.82, 2.24) is 4.72 Å². The molecule has 0 saturated carbocycles. The van der Waals surface area contributed by atoms with E-state index < -0.39 is 15.9 Å². The molecule has 23 heavy (non-hydrogen) atoms. The van der Waals surface area contributed by atoms with Gasteiger partial charge in [0.15, 0.2) is 0 Å². The van der Waals surface area contributed by atoms with Crippen molar-refractivity contribution >= 4 is 21.6 Å². The standard InChI is InChI=1S/C17H20N2O3S/c1-12-4-7-15(8-5-12)19-17(20)11-18-23(21,22)16-9-6-13(2)14(3)10-16/h4-10,18H,11H2,1-3H3,(H,19,20). The molecular formula is C17H20N2O3S. The highest BCUT2D eigenvalue weighted by atomic mass is 32.2. The summed E-state index contributed by atoms with van der Waals surface area (Å²) in [4.78, 5) is 12.0. The molecule has 1 amide bonds. The van der Waals surface area contributed by atoms with E-state index in [0.717, 1.165) is 16.7 Å². The molecule has 0 unspecified atom stereocenters. The molecule has 0 radical (unpaired) electrons. The fourth-order valence-electron chi connectivity index (χ4n) is 1.97. The van der Waals surface area contributed by atoms with Gasteiger partial charge in [0, 0.05) is 5.69 Å². The Morgan fingerprint density at radius 1 is 0.957 bits per heavy atom. The third-order valence-corrected chi connectivity index (χ3v) is 4.95. The first-order valence-corrected chi connectivity index (χ1v) is 8.70. The Balaban J connectivity index is 1.99. The summed E-state index contributed by atoms with van der Waals surface area (Å²) in [6.07, 6.45) is 0. The number of benzene rings is 2. The Morgan fingerprint density at radius 2 is 1.61 bits per heavy atom. The van der Waals surface area contributed by atoms with E-state index in [0.29, 0.717) is 5.69 Å². The van der Waals surface area contributed by atoms with E-state index in [1.165, 1.54) is 6.07 Å². The quantitative estimate of drug-likeness (QED) is 0.883. The van der Waals surface area contributed by atoms with E-state index in [1.807, 2.05) is 32.9 Å². The van der Waals surface area contributed by atoms with Crippen LogP contribution in [-0.4, -0.2) is 20.9 Å². The summed E-state index contributed by atoms with van der Waals surface area (Å²) >= 11 is 0. The number of hydrogen-bond donors (Lipinski definition) is 2. The molecule has 6 heteroatoms. The highest BCUT2D eigenvalue weighted by Gasteiger charge is 2.16. The predicted molar refractivity (Wildman–Crippen MR) is 90.9 cm³/mol. The van der Waals surface area contributed by atoms with Crippen LogP contribution in [0.1, 0.15) is 16.7 Å². The molecule has 2 N–H and O–H groups in total. The van der Waals surface area contributed by atoms with Crippen molar-refractivity contribution in [3.8, 4) is 0 Å². The molecule has 0 aromatic heterocycles. The molecule has 0 aliphatic heterocycles. The predicted octanol–water partition coefficient (Wildman–Crippen LogP) is 2.53. The monoisotopic (exact) mass is 332 g/mol. The average molecular weight is 332 g/mol. The van der Waals surface area contributed by atoms with Crippen LogP contribution in [0.3, 0.4) is 0 Å². The highest BCUT2D eigenvalue weighted by Crippen LogP contribution is 2.14. The van der Waals surface area contributed by atoms with E-state index in [2.05, 4.69) is 10.0 Å². The van der Waals surface area contributed by atoms with Gasteiger partial charge in [0.05, 0.1) is 11.4 Å². The van der Waals surface area contributed by atoms with Crippen molar-refractivity contribution in [3.05, 3.63) is 59.2 Å². The summed E-state index contributed by atoms with van der Waals surface area (Å²) in [5.41, 5.74) is 3.61. The van der Waals surface area contributed by atoms with E-state index >= 15 is 0 Å². The molecular weight excluding hydrogens is 312 g/mol. The van der Waals surface area contributed by atoms with Crippen molar-refractivity contribution in [2.75, 3.05) is 11.9 Å². The maximum Gasteiger partial charge on any atom is 0.241 e. The highest BCUT2D eigenvalue weighted by molar-refractivity contribution is 7.89. The van der Waals surface area contributed by atoms with Crippen LogP contribution in [0.15, 0.2) is 47.4 Å². The van der Waals surface area contributed by atoms with Crippen LogP contribution in [0.4, 0.5) is 5.69 Å². The van der Waals surface area contributed by atoms with Gasteiger partial charge in [-0.15, -0.1) is 0 Å². The van der Waals surface area contributed by atoms with Crippen molar-refractivity contribution < 1.29 is 13.2 Å². The van der Waals surface area contributed by atoms with Gasteiger partial charge in [-0.2, -0.15) is 0 Å². The van der Waals surface area contributed by atoms with Crippen molar-refractivity contribution in [2.24, 2.45) is 0 Å². The van der Waals surface area contributed by atoms with Crippen LogP contribution in [-0.2, 0) is 14.8 Å². The average Bonchev–Trinajstić information content (AvgIpc) is 2.50. The van der Waals surface area contributed by atoms with Crippen LogP contribution in [0.5, 0.6) is 0 Å². The SMILES string of the molecule is Cc1ccc(NC(=O)CNS(=O)(=O)c2ccc(C)c(C)c2)cc1. The smallest absolute Gasteiger partial charge is 0.241 e. The topological polar surface area (TPSA) is 75.3 Å². The molecule has 0 spiro atoms. The van der Waals surface area contributed by atoms with Crippen LogP contribution in [0.25, 0.3) is 0 Å². The summed E-state index contributed by atoms with van der Waals surface area (Å²) in [5, 5.41) is 2.65. The molecule has 0 atom stereocenters. The lowest BCUT2D eigenvalue weighted by molar-refractivity contribution is -0.115. The second-order valence-corrected chi connectivity index (χ2v) is 7.25. The minimum Gasteiger partial charge on any atom is -0.325 e. The van der Waals surface area contributed by atoms with Gasteiger partial charge in [0.25, 0.3) is 0 Å². The minimum atomic E-state index is -3.70. The van der Waals surface area contributed by atoms with Crippen LogP contribution in [0.2, 0.25) is 0 Å². The lowest BCUT2D eigenvalue weighted by atomic mass is 10.1. The summed E-state index contributed by atoms with van der Waals surface area (Å²) in [5.74, 6) is -0.415. The third kappa shape index (κ3) is 4.64. The number of anilines is 1. The minimum absolute atomic E-state index is 0.156. The fraction of sp³-hybridized carbons (Fsp3) is 0.235. The molecule has 122 valence electrons. The van der Waals surface area contributed by atoms with Gasteiger partial charge in [-0.25, -0.2) is 13.1 Å². The lowest BCUT2D eigenvalue weighted by Crippen LogP contribution is -2.32. The van der Waals surface area contributed by atoms with Gasteiger partial charge in [0.2, 0.25) is 15.9 Å². The van der Waals surface area contributed by atoms with Gasteiger partial charge >= 0.3 is 0 Å². The molecule has 0 fully saturated rings. The number of amides is 1. The first kappa shape index (κ1) is 17.2. The summed E-state index contributed by atoms with van der Waals surface area (Å²) in [6, 6.07) is 12.1. The second kappa shape index (κ2) is 6.93. The number of rotatable bonds is 5. The van der Waals surface area contributed by atoms with Gasteiger partial charge in [-0.3, -0.25) is 4.79 Å². The molecule has 0 aliphatic carbocycles. The summed E-state index contributed by atoms with van der Waals surface area (Å²) in [6.45, 7) is 5.39. The molecule has 2 rings (SSSR count). The van der Waals surface area contributed by atoms with Crippen molar-refractivity contribution in [3.63, 3.8) is 0 Å². The van der Waals surface area contributed by atoms with Gasteiger partial charge < -0.3 is 5.32 Å². The Hall–Kier alpha value is -2.18. The Morgan fingerprint density at radius 3 is 2.22 bits per heavy atom. The van der Waals surface area contributed by atoms with E-state index in [-0.39, 0.29) is 11.4 Å². The number of sulfonamides is 1. The van der Waals surface area contributed by atoms with Gasteiger partial charge in [-0.1, -0.05) is 23.8 Å². The van der Waals surface area contributed by atoms with Gasteiger partial charge in [-0.05, 0) is 56.2 Å². The zero-order valence-corrected chi connectivity index (χ0v) is 14.2. The largest absolute Gasteiger partial charge is 0.325 e. The molecule has 0 heterocycles. The first-order chi connectivity index (χ1) is 10.8. The van der Waals surface area contributed by atoms with Gasteiger partial charge in [0.1, 0.15) is 0 Å². The number of hydrogen-bond acceptors (Lipinski definition) is 3. The van der Waals surface area contributed by atoms with E-state index in [4.69, 9.17) is 0 Å². The van der Waals surface area contributed by atoms with Crippen LogP contribution < -0.4 is 10.0 Å². The van der Waals surface area contributed by atoms with Crippen molar-refractivity contribution in [1.29, 1.82) is 0 Å². The van der Waals surface area contributed by atoms with Crippen molar-refractivity contribution in [2.45, 2.75) is 25.7 Å². The number of carbonyl (C=O) groups is 1. The third-order valence-electron chi connectivity index (χ3n) is 3.55.